The van der Waals surface area contributed by atoms with Gasteiger partial charge in [0.2, 0.25) is 0 Å². The van der Waals surface area contributed by atoms with Gasteiger partial charge in [0.05, 0.1) is 9.95 Å². The van der Waals surface area contributed by atoms with E-state index in [1.165, 1.54) is 12.1 Å². The molecule has 7 heteroatoms. The summed E-state index contributed by atoms with van der Waals surface area (Å²) in [4.78, 5) is 22.6. The molecule has 1 N–H and O–H groups in total. The van der Waals surface area contributed by atoms with Gasteiger partial charge in [-0.3, -0.25) is 14.9 Å². The molecule has 21 heavy (non-hydrogen) atoms. The minimum absolute atomic E-state index is 0.142. The van der Waals surface area contributed by atoms with E-state index in [0.717, 1.165) is 5.56 Å². The molecule has 0 aliphatic heterocycles. The highest BCUT2D eigenvalue weighted by Gasteiger charge is 2.17. The number of anilines is 1. The third-order valence-electron chi connectivity index (χ3n) is 2.78. The Balaban J connectivity index is 2.31. The molecule has 0 aromatic heterocycles. The van der Waals surface area contributed by atoms with Crippen molar-refractivity contribution in [3.63, 3.8) is 0 Å². The molecule has 2 rings (SSSR count). The Labute approximate surface area is 134 Å². The molecule has 0 aliphatic rings. The van der Waals surface area contributed by atoms with E-state index in [1.807, 2.05) is 0 Å². The van der Waals surface area contributed by atoms with Crippen LogP contribution >= 0.6 is 27.5 Å². The minimum Gasteiger partial charge on any atom is -0.316 e. The zero-order valence-electron chi connectivity index (χ0n) is 10.9. The molecule has 0 unspecified atom stereocenters. The molecule has 1 amide bonds. The first-order valence-electron chi connectivity index (χ1n) is 5.90. The Hall–Kier alpha value is -1.92. The zero-order chi connectivity index (χ0) is 15.6. The smallest absolute Gasteiger partial charge is 0.293 e. The van der Waals surface area contributed by atoms with Crippen molar-refractivity contribution in [1.82, 2.24) is 0 Å². The predicted molar refractivity (Wildman–Crippen MR) is 84.9 cm³/mol. The van der Waals surface area contributed by atoms with Crippen LogP contribution in [-0.2, 0) is 0 Å². The normalized spacial score (nSPS) is 10.2. The van der Waals surface area contributed by atoms with Crippen molar-refractivity contribution in [1.29, 1.82) is 0 Å². The van der Waals surface area contributed by atoms with E-state index in [2.05, 4.69) is 21.2 Å². The second kappa shape index (κ2) is 6.24. The standard InChI is InChI=1S/C14H10BrClN2O3/c1-8-2-5-12(13(6-8)18(20)21)17-14(19)9-3-4-11(16)10(15)7-9/h2-7H,1H3,(H,17,19). The Morgan fingerprint density at radius 1 is 1.29 bits per heavy atom. The van der Waals surface area contributed by atoms with Crippen LogP contribution in [-0.4, -0.2) is 10.8 Å². The van der Waals surface area contributed by atoms with Gasteiger partial charge in [0.15, 0.2) is 0 Å². The van der Waals surface area contributed by atoms with Gasteiger partial charge in [-0.25, -0.2) is 0 Å². The lowest BCUT2D eigenvalue weighted by Gasteiger charge is -2.07. The summed E-state index contributed by atoms with van der Waals surface area (Å²) < 4.78 is 0.579. The van der Waals surface area contributed by atoms with Crippen molar-refractivity contribution in [2.75, 3.05) is 5.32 Å². The van der Waals surface area contributed by atoms with Crippen molar-refractivity contribution in [2.24, 2.45) is 0 Å². The minimum atomic E-state index is -0.527. The molecule has 0 aliphatic carbocycles. The molecule has 0 bridgehead atoms. The summed E-state index contributed by atoms with van der Waals surface area (Å²) in [6.07, 6.45) is 0. The van der Waals surface area contributed by atoms with Gasteiger partial charge in [-0.15, -0.1) is 0 Å². The van der Waals surface area contributed by atoms with Crippen LogP contribution in [0.25, 0.3) is 0 Å². The monoisotopic (exact) mass is 368 g/mol. The highest BCUT2D eigenvalue weighted by Crippen LogP contribution is 2.27. The first kappa shape index (κ1) is 15.5. The Morgan fingerprint density at radius 3 is 2.62 bits per heavy atom. The highest BCUT2D eigenvalue weighted by atomic mass is 79.9. The number of carbonyl (C=O) groups is 1. The van der Waals surface area contributed by atoms with Gasteiger partial charge < -0.3 is 5.32 Å². The van der Waals surface area contributed by atoms with Crippen LogP contribution in [0.3, 0.4) is 0 Å². The van der Waals surface area contributed by atoms with E-state index in [9.17, 15) is 14.9 Å². The fourth-order valence-electron chi connectivity index (χ4n) is 1.73. The highest BCUT2D eigenvalue weighted by molar-refractivity contribution is 9.10. The number of amides is 1. The van der Waals surface area contributed by atoms with E-state index in [0.29, 0.717) is 15.1 Å². The summed E-state index contributed by atoms with van der Waals surface area (Å²) in [7, 11) is 0. The lowest BCUT2D eigenvalue weighted by molar-refractivity contribution is -0.384. The number of aryl methyl sites for hydroxylation is 1. The third kappa shape index (κ3) is 3.59. The summed E-state index contributed by atoms with van der Waals surface area (Å²) in [5, 5.41) is 14.0. The number of hydrogen-bond donors (Lipinski definition) is 1. The van der Waals surface area contributed by atoms with E-state index in [1.54, 1.807) is 31.2 Å². The van der Waals surface area contributed by atoms with Gasteiger partial charge in [-0.2, -0.15) is 0 Å². The first-order valence-corrected chi connectivity index (χ1v) is 7.07. The fraction of sp³-hybridized carbons (Fsp3) is 0.0714. The van der Waals surface area contributed by atoms with Crippen molar-refractivity contribution in [2.45, 2.75) is 6.92 Å². The molecule has 0 spiro atoms. The quantitative estimate of drug-likeness (QED) is 0.636. The van der Waals surface area contributed by atoms with Crippen LogP contribution < -0.4 is 5.32 Å². The van der Waals surface area contributed by atoms with Gasteiger partial charge in [0, 0.05) is 16.1 Å². The maximum atomic E-state index is 12.1. The van der Waals surface area contributed by atoms with E-state index in [4.69, 9.17) is 11.6 Å². The molecular formula is C14H10BrClN2O3. The van der Waals surface area contributed by atoms with E-state index >= 15 is 0 Å². The Morgan fingerprint density at radius 2 is 2.00 bits per heavy atom. The second-order valence-corrected chi connectivity index (χ2v) is 5.62. The largest absolute Gasteiger partial charge is 0.316 e. The van der Waals surface area contributed by atoms with Crippen LogP contribution in [0, 0.1) is 17.0 Å². The average molecular weight is 370 g/mol. The number of rotatable bonds is 3. The third-order valence-corrected chi connectivity index (χ3v) is 3.99. The second-order valence-electron chi connectivity index (χ2n) is 4.36. The number of hydrogen-bond acceptors (Lipinski definition) is 3. The molecule has 0 fully saturated rings. The van der Waals surface area contributed by atoms with E-state index < -0.39 is 10.8 Å². The number of halogens is 2. The average Bonchev–Trinajstić information content (AvgIpc) is 2.43. The molecule has 0 atom stereocenters. The number of nitro benzene ring substituents is 1. The van der Waals surface area contributed by atoms with E-state index in [-0.39, 0.29) is 11.4 Å². The summed E-state index contributed by atoms with van der Waals surface area (Å²) in [5.41, 5.74) is 1.10. The summed E-state index contributed by atoms with van der Waals surface area (Å²) >= 11 is 9.09. The molecule has 108 valence electrons. The maximum Gasteiger partial charge on any atom is 0.293 e. The lowest BCUT2D eigenvalue weighted by atomic mass is 10.1. The van der Waals surface area contributed by atoms with Crippen LogP contribution in [0.5, 0.6) is 0 Å². The van der Waals surface area contributed by atoms with Crippen molar-refractivity contribution < 1.29 is 9.72 Å². The zero-order valence-corrected chi connectivity index (χ0v) is 13.2. The molecule has 0 saturated heterocycles. The maximum absolute atomic E-state index is 12.1. The predicted octanol–water partition coefficient (Wildman–Crippen LogP) is 4.57. The molecular weight excluding hydrogens is 360 g/mol. The number of benzene rings is 2. The molecule has 2 aromatic carbocycles. The van der Waals surface area contributed by atoms with Crippen molar-refractivity contribution in [3.8, 4) is 0 Å². The Bertz CT molecular complexity index is 734. The van der Waals surface area contributed by atoms with Crippen LogP contribution in [0.15, 0.2) is 40.9 Å². The molecule has 5 nitrogen and oxygen atoms in total. The van der Waals surface area contributed by atoms with Gasteiger partial charge in [-0.1, -0.05) is 17.7 Å². The summed E-state index contributed by atoms with van der Waals surface area (Å²) in [5.74, 6) is -0.445. The lowest BCUT2D eigenvalue weighted by Crippen LogP contribution is -2.13. The molecule has 0 heterocycles. The van der Waals surface area contributed by atoms with Crippen LogP contribution in [0.2, 0.25) is 5.02 Å². The van der Waals surface area contributed by atoms with Gasteiger partial charge in [0.25, 0.3) is 11.6 Å². The first-order chi connectivity index (χ1) is 9.88. The van der Waals surface area contributed by atoms with Gasteiger partial charge in [0.1, 0.15) is 5.69 Å². The van der Waals surface area contributed by atoms with Crippen molar-refractivity contribution in [3.05, 3.63) is 67.1 Å². The molecule has 0 radical (unpaired) electrons. The number of nitro groups is 1. The number of nitrogens with zero attached hydrogens (tertiary/aromatic N) is 1. The summed E-state index contributed by atoms with van der Waals surface area (Å²) in [6, 6.07) is 9.29. The van der Waals surface area contributed by atoms with Crippen LogP contribution in [0.4, 0.5) is 11.4 Å². The molecule has 0 saturated carbocycles. The SMILES string of the molecule is Cc1ccc(NC(=O)c2ccc(Cl)c(Br)c2)c([N+](=O)[O-])c1. The fourth-order valence-corrected chi connectivity index (χ4v) is 2.23. The number of nitrogens with one attached hydrogen (secondary N) is 1. The van der Waals surface area contributed by atoms with Gasteiger partial charge >= 0.3 is 0 Å². The van der Waals surface area contributed by atoms with Gasteiger partial charge in [-0.05, 0) is 52.7 Å². The topological polar surface area (TPSA) is 72.2 Å². The molecule has 2 aromatic rings. The van der Waals surface area contributed by atoms with Crippen molar-refractivity contribution >= 4 is 44.8 Å². The number of carbonyl (C=O) groups excluding carboxylic acids is 1. The Kier molecular flexibility index (Phi) is 4.59. The van der Waals surface area contributed by atoms with Crippen LogP contribution in [0.1, 0.15) is 15.9 Å². The summed E-state index contributed by atoms with van der Waals surface area (Å²) in [6.45, 7) is 1.74.